The number of carbonyl (C=O) groups is 1. The molecule has 1 fully saturated rings. The zero-order chi connectivity index (χ0) is 17.0. The van der Waals surface area contributed by atoms with Crippen molar-refractivity contribution in [2.24, 2.45) is 0 Å². The van der Waals surface area contributed by atoms with Crippen LogP contribution in [0, 0.1) is 0 Å². The molecule has 0 spiro atoms. The largest absolute Gasteiger partial charge is 0.401 e. The van der Waals surface area contributed by atoms with Crippen LogP contribution in [0.4, 0.5) is 18.0 Å². The second-order valence-corrected chi connectivity index (χ2v) is 5.85. The topological polar surface area (TPSA) is 66.3 Å². The van der Waals surface area contributed by atoms with E-state index in [0.717, 1.165) is 0 Å². The summed E-state index contributed by atoms with van der Waals surface area (Å²) < 4.78 is 39.0. The lowest BCUT2D eigenvalue weighted by Gasteiger charge is -2.40. The van der Waals surface area contributed by atoms with Crippen molar-refractivity contribution in [1.82, 2.24) is 29.9 Å². The van der Waals surface area contributed by atoms with Crippen molar-refractivity contribution in [3.8, 4) is 0 Å². The van der Waals surface area contributed by atoms with Gasteiger partial charge in [-0.3, -0.25) is 9.58 Å². The number of alkyl halides is 3. The maximum atomic E-state index is 12.5. The van der Waals surface area contributed by atoms with E-state index < -0.39 is 12.7 Å². The number of halogens is 3. The highest BCUT2D eigenvalue weighted by molar-refractivity contribution is 5.74. The maximum Gasteiger partial charge on any atom is 0.401 e. The number of rotatable bonds is 4. The fourth-order valence-electron chi connectivity index (χ4n) is 2.60. The zero-order valence-electron chi connectivity index (χ0n) is 13.1. The van der Waals surface area contributed by atoms with E-state index >= 15 is 0 Å². The van der Waals surface area contributed by atoms with Crippen molar-refractivity contribution >= 4 is 6.03 Å². The number of aromatic nitrogens is 3. The van der Waals surface area contributed by atoms with Gasteiger partial charge in [-0.15, -0.1) is 0 Å². The number of piperazine rings is 1. The minimum absolute atomic E-state index is 0.160. The van der Waals surface area contributed by atoms with Gasteiger partial charge in [-0.1, -0.05) is 0 Å². The molecule has 2 atom stereocenters. The molecule has 2 rings (SSSR count). The van der Waals surface area contributed by atoms with E-state index in [-0.39, 0.29) is 37.7 Å². The predicted molar refractivity (Wildman–Crippen MR) is 76.7 cm³/mol. The van der Waals surface area contributed by atoms with E-state index in [9.17, 15) is 18.0 Å². The molecule has 0 saturated carbocycles. The summed E-state index contributed by atoms with van der Waals surface area (Å²) in [6.07, 6.45) is -1.25. The number of urea groups is 1. The highest BCUT2D eigenvalue weighted by Crippen LogP contribution is 2.20. The summed E-state index contributed by atoms with van der Waals surface area (Å²) in [5.74, 6) is 0. The Bertz CT molecular complexity index is 506. The first-order valence-electron chi connectivity index (χ1n) is 7.43. The maximum absolute atomic E-state index is 12.5. The summed E-state index contributed by atoms with van der Waals surface area (Å²) in [6.45, 7) is 3.85. The number of nitrogens with zero attached hydrogens (tertiary/aromatic N) is 5. The van der Waals surface area contributed by atoms with Gasteiger partial charge in [0.15, 0.2) is 0 Å². The van der Waals surface area contributed by atoms with Crippen LogP contribution in [0.1, 0.15) is 13.8 Å². The summed E-state index contributed by atoms with van der Waals surface area (Å²) in [7, 11) is 0. The summed E-state index contributed by atoms with van der Waals surface area (Å²) in [6, 6.07) is -0.759. The van der Waals surface area contributed by atoms with Gasteiger partial charge in [-0.2, -0.15) is 18.3 Å². The van der Waals surface area contributed by atoms with Gasteiger partial charge in [0.05, 0.1) is 13.1 Å². The lowest BCUT2D eigenvalue weighted by Crippen LogP contribution is -2.58. The number of nitrogens with one attached hydrogen (secondary N) is 1. The van der Waals surface area contributed by atoms with Gasteiger partial charge in [-0.25, -0.2) is 9.78 Å². The third-order valence-corrected chi connectivity index (χ3v) is 3.73. The average Bonchev–Trinajstić information content (AvgIpc) is 2.92. The van der Waals surface area contributed by atoms with E-state index in [1.54, 1.807) is 22.8 Å². The second kappa shape index (κ2) is 7.16. The van der Waals surface area contributed by atoms with Gasteiger partial charge >= 0.3 is 12.2 Å². The van der Waals surface area contributed by atoms with Crippen molar-refractivity contribution in [2.45, 2.75) is 38.7 Å². The van der Waals surface area contributed by atoms with Crippen molar-refractivity contribution in [3.05, 3.63) is 12.7 Å². The van der Waals surface area contributed by atoms with Crippen LogP contribution < -0.4 is 5.32 Å². The van der Waals surface area contributed by atoms with E-state index in [1.807, 2.05) is 6.92 Å². The molecule has 23 heavy (non-hydrogen) atoms. The van der Waals surface area contributed by atoms with Crippen molar-refractivity contribution in [2.75, 3.05) is 26.2 Å². The first-order valence-corrected chi connectivity index (χ1v) is 7.43. The molecule has 1 aromatic heterocycles. The smallest absolute Gasteiger partial charge is 0.334 e. The van der Waals surface area contributed by atoms with Gasteiger partial charge in [0.1, 0.15) is 12.7 Å². The summed E-state index contributed by atoms with van der Waals surface area (Å²) in [5.41, 5.74) is 0. The highest BCUT2D eigenvalue weighted by Gasteiger charge is 2.36. The van der Waals surface area contributed by atoms with Crippen LogP contribution in [0.5, 0.6) is 0 Å². The normalized spacial score (nSPS) is 21.3. The fourth-order valence-corrected chi connectivity index (χ4v) is 2.60. The molecule has 1 saturated heterocycles. The molecule has 1 aliphatic heterocycles. The molecule has 10 heteroatoms. The van der Waals surface area contributed by atoms with Crippen LogP contribution >= 0.6 is 0 Å². The van der Waals surface area contributed by atoms with Crippen LogP contribution in [0.3, 0.4) is 0 Å². The lowest BCUT2D eigenvalue weighted by molar-refractivity contribution is -0.153. The van der Waals surface area contributed by atoms with Gasteiger partial charge in [-0.05, 0) is 13.8 Å². The van der Waals surface area contributed by atoms with E-state index in [0.29, 0.717) is 6.54 Å². The van der Waals surface area contributed by atoms with Crippen LogP contribution in [0.15, 0.2) is 12.7 Å². The number of hydrogen-bond acceptors (Lipinski definition) is 4. The van der Waals surface area contributed by atoms with Crippen LogP contribution in [-0.2, 0) is 6.54 Å². The first-order chi connectivity index (χ1) is 10.7. The summed E-state index contributed by atoms with van der Waals surface area (Å²) >= 11 is 0. The first kappa shape index (κ1) is 17.5. The molecule has 2 heterocycles. The number of carbonyl (C=O) groups excluding carboxylic acids is 1. The SMILES string of the molecule is CC(Cn1cncn1)NC(=O)N1CCN(CC(F)(F)F)C(C)C1. The zero-order valence-corrected chi connectivity index (χ0v) is 13.1. The van der Waals surface area contributed by atoms with Crippen molar-refractivity contribution < 1.29 is 18.0 Å². The molecular weight excluding hydrogens is 313 g/mol. The van der Waals surface area contributed by atoms with Crippen LogP contribution in [-0.4, -0.2) is 75.0 Å². The monoisotopic (exact) mass is 334 g/mol. The van der Waals surface area contributed by atoms with Crippen molar-refractivity contribution in [1.29, 1.82) is 0 Å². The minimum atomic E-state index is -4.22. The Balaban J connectivity index is 1.80. The Morgan fingerprint density at radius 2 is 2.17 bits per heavy atom. The molecule has 2 unspecified atom stereocenters. The Hall–Kier alpha value is -1.84. The van der Waals surface area contributed by atoms with E-state index in [4.69, 9.17) is 0 Å². The Morgan fingerprint density at radius 1 is 1.43 bits per heavy atom. The predicted octanol–water partition coefficient (Wildman–Crippen LogP) is 0.945. The van der Waals surface area contributed by atoms with Crippen molar-refractivity contribution in [3.63, 3.8) is 0 Å². The number of hydrogen-bond donors (Lipinski definition) is 1. The quantitative estimate of drug-likeness (QED) is 0.890. The standard InChI is InChI=1S/C13H21F3N6O/c1-10(5-22-9-17-8-18-22)19-12(23)20-3-4-21(11(2)6-20)7-13(14,15)16/h8-11H,3-7H2,1-2H3,(H,19,23). The second-order valence-electron chi connectivity index (χ2n) is 5.85. The molecule has 0 aliphatic carbocycles. The molecule has 130 valence electrons. The van der Waals surface area contributed by atoms with Crippen LogP contribution in [0.25, 0.3) is 0 Å². The molecule has 0 aromatic carbocycles. The lowest BCUT2D eigenvalue weighted by atomic mass is 10.2. The third kappa shape index (κ3) is 5.38. The molecule has 1 aromatic rings. The van der Waals surface area contributed by atoms with Gasteiger partial charge in [0.25, 0.3) is 0 Å². The molecule has 0 bridgehead atoms. The molecular formula is C13H21F3N6O. The van der Waals surface area contributed by atoms with E-state index in [2.05, 4.69) is 15.4 Å². The summed E-state index contributed by atoms with van der Waals surface area (Å²) in [5, 5.41) is 6.79. The average molecular weight is 334 g/mol. The molecule has 1 aliphatic rings. The van der Waals surface area contributed by atoms with Crippen LogP contribution in [0.2, 0.25) is 0 Å². The third-order valence-electron chi connectivity index (χ3n) is 3.73. The fraction of sp³-hybridized carbons (Fsp3) is 0.769. The highest BCUT2D eigenvalue weighted by atomic mass is 19.4. The minimum Gasteiger partial charge on any atom is -0.334 e. The number of amides is 2. The Labute approximate surface area is 132 Å². The summed E-state index contributed by atoms with van der Waals surface area (Å²) in [4.78, 5) is 18.9. The molecule has 7 nitrogen and oxygen atoms in total. The molecule has 1 N–H and O–H groups in total. The van der Waals surface area contributed by atoms with Gasteiger partial charge in [0.2, 0.25) is 0 Å². The Kier molecular flexibility index (Phi) is 5.45. The Morgan fingerprint density at radius 3 is 2.74 bits per heavy atom. The van der Waals surface area contributed by atoms with Gasteiger partial charge in [0, 0.05) is 31.7 Å². The van der Waals surface area contributed by atoms with E-state index in [1.165, 1.54) is 11.2 Å². The molecule has 2 amide bonds. The van der Waals surface area contributed by atoms with Gasteiger partial charge < -0.3 is 10.2 Å². The molecule has 0 radical (unpaired) electrons.